The number of hydrogen-bond donors (Lipinski definition) is 0. The molecular formula is C52H30N2OS. The molecule has 3 nitrogen and oxygen atoms in total. The molecule has 4 heteroatoms. The van der Waals surface area contributed by atoms with E-state index in [1.165, 1.54) is 96.8 Å². The van der Waals surface area contributed by atoms with Gasteiger partial charge in [0.2, 0.25) is 0 Å². The van der Waals surface area contributed by atoms with Crippen LogP contribution in [0.5, 0.6) is 0 Å². The third-order valence-corrected chi connectivity index (χ3v) is 13.1. The van der Waals surface area contributed by atoms with Gasteiger partial charge in [0.25, 0.3) is 0 Å². The third-order valence-electron chi connectivity index (χ3n) is 11.9. The van der Waals surface area contributed by atoms with Gasteiger partial charge in [-0.25, -0.2) is 0 Å². The van der Waals surface area contributed by atoms with Gasteiger partial charge in [-0.3, -0.25) is 0 Å². The first-order valence-corrected chi connectivity index (χ1v) is 19.9. The lowest BCUT2D eigenvalue weighted by atomic mass is 9.98. The lowest BCUT2D eigenvalue weighted by Gasteiger charge is -2.12. The summed E-state index contributed by atoms with van der Waals surface area (Å²) in [6.07, 6.45) is 0. The Hall–Kier alpha value is -7.14. The van der Waals surface area contributed by atoms with Crippen LogP contribution in [0.3, 0.4) is 0 Å². The summed E-state index contributed by atoms with van der Waals surface area (Å²) in [5.41, 5.74) is 11.5. The van der Waals surface area contributed by atoms with Crippen LogP contribution in [-0.4, -0.2) is 9.13 Å². The topological polar surface area (TPSA) is 23.0 Å². The molecule has 0 atom stereocenters. The molecule has 0 spiro atoms. The molecular weight excluding hydrogens is 701 g/mol. The van der Waals surface area contributed by atoms with E-state index >= 15 is 0 Å². The van der Waals surface area contributed by atoms with Gasteiger partial charge in [0.15, 0.2) is 0 Å². The van der Waals surface area contributed by atoms with Gasteiger partial charge in [0, 0.05) is 69.1 Å². The lowest BCUT2D eigenvalue weighted by molar-refractivity contribution is 0.669. The van der Waals surface area contributed by atoms with Crippen molar-refractivity contribution in [2.45, 2.75) is 0 Å². The number of aromatic nitrogens is 2. The Kier molecular flexibility index (Phi) is 6.04. The first-order valence-electron chi connectivity index (χ1n) is 19.1. The molecule has 0 radical (unpaired) electrons. The number of fused-ring (bicyclic) bond motifs is 14. The first kappa shape index (κ1) is 30.2. The standard InChI is InChI=1S/C52H30N2OS/c1-2-14-33-31(12-1)13-9-23-42(33)54-44-22-7-4-16-39(44)50-45(54)28-27-36-34-15-3-6-21-43(34)53(51(36)50)32-26-29-48-41(30-32)38-20-10-19-37(52(38)56-48)35-18-11-25-47-49(35)40-17-5-8-24-46(40)55-47/h1-30H. The van der Waals surface area contributed by atoms with E-state index in [4.69, 9.17) is 4.42 Å². The van der Waals surface area contributed by atoms with E-state index in [1.54, 1.807) is 0 Å². The second kappa shape index (κ2) is 11.2. The average molecular weight is 731 g/mol. The molecule has 0 aliphatic heterocycles. The summed E-state index contributed by atoms with van der Waals surface area (Å²) < 4.78 is 13.9. The zero-order valence-electron chi connectivity index (χ0n) is 30.0. The summed E-state index contributed by atoms with van der Waals surface area (Å²) >= 11 is 1.88. The summed E-state index contributed by atoms with van der Waals surface area (Å²) in [6, 6.07) is 66.4. The Balaban J connectivity index is 1.10. The van der Waals surface area contributed by atoms with Crippen LogP contribution in [0.2, 0.25) is 0 Å². The van der Waals surface area contributed by atoms with Gasteiger partial charge >= 0.3 is 0 Å². The molecule has 0 saturated heterocycles. The van der Waals surface area contributed by atoms with Crippen LogP contribution in [0.1, 0.15) is 0 Å². The minimum atomic E-state index is 0.920. The molecule has 260 valence electrons. The average Bonchev–Trinajstić information content (AvgIpc) is 4.01. The first-order chi connectivity index (χ1) is 27.8. The van der Waals surface area contributed by atoms with Crippen molar-refractivity contribution < 1.29 is 4.42 Å². The van der Waals surface area contributed by atoms with Crippen molar-refractivity contribution in [3.8, 4) is 22.5 Å². The molecule has 4 aromatic heterocycles. The highest BCUT2D eigenvalue weighted by Crippen LogP contribution is 2.46. The van der Waals surface area contributed by atoms with Crippen LogP contribution in [0.4, 0.5) is 0 Å². The van der Waals surface area contributed by atoms with Crippen LogP contribution in [0, 0.1) is 0 Å². The molecule has 0 aliphatic rings. The lowest BCUT2D eigenvalue weighted by Crippen LogP contribution is -1.96. The zero-order valence-corrected chi connectivity index (χ0v) is 30.8. The zero-order chi connectivity index (χ0) is 36.5. The highest BCUT2D eigenvalue weighted by atomic mass is 32.1. The fourth-order valence-corrected chi connectivity index (χ4v) is 10.8. The monoisotopic (exact) mass is 730 g/mol. The Labute approximate surface area is 324 Å². The van der Waals surface area contributed by atoms with Crippen LogP contribution in [0.25, 0.3) is 119 Å². The normalized spacial score (nSPS) is 12.3. The Morgan fingerprint density at radius 1 is 0.393 bits per heavy atom. The SMILES string of the molecule is c1ccc2c(-n3c4ccccc4c4c3ccc3c5ccccc5n(-c5ccc6sc7c(-c8cccc9oc%10ccccc%10c89)cccc7c6c5)c34)cccc2c1. The number of thiophene rings is 1. The Morgan fingerprint density at radius 2 is 1.07 bits per heavy atom. The highest BCUT2D eigenvalue weighted by Gasteiger charge is 2.22. The van der Waals surface area contributed by atoms with Gasteiger partial charge in [-0.15, -0.1) is 11.3 Å². The number of para-hydroxylation sites is 3. The molecule has 0 unspecified atom stereocenters. The summed E-state index contributed by atoms with van der Waals surface area (Å²) in [5, 5.41) is 12.4. The van der Waals surface area contributed by atoms with Gasteiger partial charge in [-0.05, 0) is 65.5 Å². The molecule has 0 amide bonds. The second-order valence-corrected chi connectivity index (χ2v) is 15.9. The minimum absolute atomic E-state index is 0.920. The van der Waals surface area contributed by atoms with E-state index in [9.17, 15) is 0 Å². The highest BCUT2D eigenvalue weighted by molar-refractivity contribution is 7.26. The number of benzene rings is 9. The van der Waals surface area contributed by atoms with Gasteiger partial charge in [-0.2, -0.15) is 0 Å². The van der Waals surface area contributed by atoms with Crippen LogP contribution >= 0.6 is 11.3 Å². The molecule has 4 heterocycles. The van der Waals surface area contributed by atoms with Crippen LogP contribution in [-0.2, 0) is 0 Å². The van der Waals surface area contributed by atoms with Gasteiger partial charge in [-0.1, -0.05) is 127 Å². The fraction of sp³-hybridized carbons (Fsp3) is 0. The van der Waals surface area contributed by atoms with Gasteiger partial charge in [0.1, 0.15) is 11.2 Å². The smallest absolute Gasteiger partial charge is 0.136 e. The van der Waals surface area contributed by atoms with Gasteiger partial charge in [0.05, 0.1) is 27.8 Å². The second-order valence-electron chi connectivity index (χ2n) is 14.8. The molecule has 0 aliphatic carbocycles. The van der Waals surface area contributed by atoms with Crippen LogP contribution < -0.4 is 0 Å². The molecule has 56 heavy (non-hydrogen) atoms. The number of furan rings is 1. The summed E-state index contributed by atoms with van der Waals surface area (Å²) in [7, 11) is 0. The summed E-state index contributed by atoms with van der Waals surface area (Å²) in [4.78, 5) is 0. The third kappa shape index (κ3) is 4.01. The number of hydrogen-bond acceptors (Lipinski definition) is 2. The predicted molar refractivity (Wildman–Crippen MR) is 238 cm³/mol. The molecule has 13 aromatic rings. The van der Waals surface area contributed by atoms with E-state index in [2.05, 4.69) is 185 Å². The molecule has 0 bridgehead atoms. The van der Waals surface area contributed by atoms with Gasteiger partial charge < -0.3 is 13.6 Å². The molecule has 9 aromatic carbocycles. The quantitative estimate of drug-likeness (QED) is 0.177. The molecule has 0 N–H and O–H groups in total. The van der Waals surface area contributed by atoms with E-state index in [-0.39, 0.29) is 0 Å². The maximum absolute atomic E-state index is 6.31. The van der Waals surface area contributed by atoms with Crippen molar-refractivity contribution in [1.29, 1.82) is 0 Å². The predicted octanol–water partition coefficient (Wildman–Crippen LogP) is 15.0. The summed E-state index contributed by atoms with van der Waals surface area (Å²) in [6.45, 7) is 0. The minimum Gasteiger partial charge on any atom is -0.456 e. The number of rotatable bonds is 3. The summed E-state index contributed by atoms with van der Waals surface area (Å²) in [5.74, 6) is 0. The van der Waals surface area contributed by atoms with Crippen molar-refractivity contribution in [2.75, 3.05) is 0 Å². The van der Waals surface area contributed by atoms with Crippen molar-refractivity contribution in [3.05, 3.63) is 182 Å². The van der Waals surface area contributed by atoms with E-state index in [1.807, 2.05) is 17.4 Å². The Bertz CT molecular complexity index is 3770. The molecule has 0 saturated carbocycles. The molecule has 0 fully saturated rings. The van der Waals surface area contributed by atoms with E-state index < -0.39 is 0 Å². The van der Waals surface area contributed by atoms with Crippen LogP contribution in [0.15, 0.2) is 186 Å². The van der Waals surface area contributed by atoms with E-state index in [0.717, 1.165) is 22.2 Å². The van der Waals surface area contributed by atoms with Crippen molar-refractivity contribution in [1.82, 2.24) is 9.13 Å². The largest absolute Gasteiger partial charge is 0.456 e. The maximum Gasteiger partial charge on any atom is 0.136 e. The van der Waals surface area contributed by atoms with Crippen molar-refractivity contribution in [3.63, 3.8) is 0 Å². The van der Waals surface area contributed by atoms with Crippen molar-refractivity contribution in [2.24, 2.45) is 0 Å². The number of nitrogens with zero attached hydrogens (tertiary/aromatic N) is 2. The molecule has 13 rings (SSSR count). The Morgan fingerprint density at radius 3 is 1.98 bits per heavy atom. The van der Waals surface area contributed by atoms with Crippen molar-refractivity contribution >= 4 is 108 Å². The fourth-order valence-electron chi connectivity index (χ4n) is 9.58. The van der Waals surface area contributed by atoms with E-state index in [0.29, 0.717) is 0 Å². The maximum atomic E-state index is 6.31.